The SMILES string of the molecule is O=C(NC1CCCCCCC1)c1cccc(NC2=N[C@@H]3CS(=O)(=O)C[C@@H]3S2)c1. The third-order valence-corrected chi connectivity index (χ3v) is 8.78. The summed E-state index contributed by atoms with van der Waals surface area (Å²) in [7, 11) is -2.95. The topological polar surface area (TPSA) is 87.6 Å². The van der Waals surface area contributed by atoms with Crippen molar-refractivity contribution in [3.8, 4) is 0 Å². The Morgan fingerprint density at radius 2 is 1.82 bits per heavy atom. The molecule has 3 aliphatic rings. The predicted molar refractivity (Wildman–Crippen MR) is 115 cm³/mol. The number of nitrogens with one attached hydrogen (secondary N) is 2. The molecular formula is C20H27N3O3S2. The number of amidine groups is 1. The average molecular weight is 422 g/mol. The zero-order chi connectivity index (χ0) is 19.6. The number of nitrogens with zero attached hydrogens (tertiary/aromatic N) is 1. The lowest BCUT2D eigenvalue weighted by molar-refractivity contribution is 0.0930. The van der Waals surface area contributed by atoms with Gasteiger partial charge >= 0.3 is 0 Å². The summed E-state index contributed by atoms with van der Waals surface area (Å²) in [6.45, 7) is 0. The van der Waals surface area contributed by atoms with Gasteiger partial charge in [-0.2, -0.15) is 0 Å². The van der Waals surface area contributed by atoms with E-state index in [1.807, 2.05) is 24.3 Å². The van der Waals surface area contributed by atoms with Crippen LogP contribution < -0.4 is 10.6 Å². The summed E-state index contributed by atoms with van der Waals surface area (Å²) < 4.78 is 23.4. The number of anilines is 1. The molecule has 2 atom stereocenters. The number of hydrogen-bond donors (Lipinski definition) is 2. The third-order valence-electron chi connectivity index (χ3n) is 5.63. The number of hydrogen-bond acceptors (Lipinski definition) is 6. The van der Waals surface area contributed by atoms with Crippen molar-refractivity contribution in [1.29, 1.82) is 0 Å². The monoisotopic (exact) mass is 421 g/mol. The summed E-state index contributed by atoms with van der Waals surface area (Å²) in [5.41, 5.74) is 1.44. The molecule has 1 aromatic rings. The maximum atomic E-state index is 12.7. The van der Waals surface area contributed by atoms with Gasteiger partial charge in [0.2, 0.25) is 0 Å². The molecular weight excluding hydrogens is 394 g/mol. The summed E-state index contributed by atoms with van der Waals surface area (Å²) in [6.07, 6.45) is 8.31. The zero-order valence-electron chi connectivity index (χ0n) is 15.9. The van der Waals surface area contributed by atoms with E-state index in [0.717, 1.165) is 23.7 Å². The fraction of sp³-hybridized carbons (Fsp3) is 0.600. The molecule has 152 valence electrons. The third kappa shape index (κ3) is 4.89. The van der Waals surface area contributed by atoms with Gasteiger partial charge in [0.15, 0.2) is 15.0 Å². The van der Waals surface area contributed by atoms with Gasteiger partial charge in [-0.05, 0) is 31.0 Å². The van der Waals surface area contributed by atoms with Crippen molar-refractivity contribution >= 4 is 38.4 Å². The van der Waals surface area contributed by atoms with Crippen molar-refractivity contribution in [2.75, 3.05) is 16.8 Å². The van der Waals surface area contributed by atoms with Crippen LogP contribution in [0.3, 0.4) is 0 Å². The summed E-state index contributed by atoms with van der Waals surface area (Å²) in [5, 5.41) is 7.20. The summed E-state index contributed by atoms with van der Waals surface area (Å²) in [6, 6.07) is 7.55. The van der Waals surface area contributed by atoms with Crippen LogP contribution in [0, 0.1) is 0 Å². The van der Waals surface area contributed by atoms with E-state index < -0.39 is 9.84 Å². The minimum Gasteiger partial charge on any atom is -0.349 e. The van der Waals surface area contributed by atoms with Crippen LogP contribution in [0.2, 0.25) is 0 Å². The minimum absolute atomic E-state index is 0.0123. The van der Waals surface area contributed by atoms with Crippen molar-refractivity contribution in [3.63, 3.8) is 0 Å². The van der Waals surface area contributed by atoms with E-state index in [1.54, 1.807) is 0 Å². The lowest BCUT2D eigenvalue weighted by Crippen LogP contribution is -2.35. The first-order chi connectivity index (χ1) is 13.5. The van der Waals surface area contributed by atoms with Crippen molar-refractivity contribution < 1.29 is 13.2 Å². The first-order valence-electron chi connectivity index (χ1n) is 10.1. The van der Waals surface area contributed by atoms with Crippen LogP contribution in [-0.4, -0.2) is 48.3 Å². The van der Waals surface area contributed by atoms with Crippen molar-refractivity contribution in [3.05, 3.63) is 29.8 Å². The van der Waals surface area contributed by atoms with Crippen molar-refractivity contribution in [2.24, 2.45) is 4.99 Å². The van der Waals surface area contributed by atoms with E-state index >= 15 is 0 Å². The number of thioether (sulfide) groups is 1. The van der Waals surface area contributed by atoms with E-state index in [0.29, 0.717) is 5.56 Å². The van der Waals surface area contributed by atoms with Gasteiger partial charge in [0.1, 0.15) is 0 Å². The van der Waals surface area contributed by atoms with Gasteiger partial charge in [-0.3, -0.25) is 9.79 Å². The number of amides is 1. The molecule has 0 aromatic heterocycles. The molecule has 2 aliphatic heterocycles. The largest absolute Gasteiger partial charge is 0.349 e. The second-order valence-corrected chi connectivity index (χ2v) is 11.3. The van der Waals surface area contributed by atoms with Crippen molar-refractivity contribution in [2.45, 2.75) is 62.3 Å². The van der Waals surface area contributed by atoms with Crippen LogP contribution in [0.15, 0.2) is 29.3 Å². The lowest BCUT2D eigenvalue weighted by Gasteiger charge is -2.21. The second-order valence-electron chi connectivity index (χ2n) is 7.96. The summed E-state index contributed by atoms with van der Waals surface area (Å²) in [5.74, 6) is 0.304. The standard InChI is InChI=1S/C20H27N3O3S2/c24-19(21-15-8-4-2-1-3-5-9-15)14-7-6-10-16(11-14)22-20-23-17-12-28(25,26)13-18(17)27-20/h6-7,10-11,15,17-18H,1-5,8-9,12-13H2,(H,21,24)(H,22,23)/t17-,18+/m1/s1. The van der Waals surface area contributed by atoms with Crippen LogP contribution in [-0.2, 0) is 9.84 Å². The maximum absolute atomic E-state index is 12.7. The molecule has 1 aromatic carbocycles. The van der Waals surface area contributed by atoms with Crippen LogP contribution in [0.1, 0.15) is 55.3 Å². The van der Waals surface area contributed by atoms with Gasteiger partial charge in [0.05, 0.1) is 17.5 Å². The molecule has 2 fully saturated rings. The number of fused-ring (bicyclic) bond motifs is 1. The highest BCUT2D eigenvalue weighted by Crippen LogP contribution is 2.34. The number of carbonyl (C=O) groups excluding carboxylic acids is 1. The van der Waals surface area contributed by atoms with E-state index in [2.05, 4.69) is 15.6 Å². The molecule has 0 radical (unpaired) electrons. The number of aliphatic imine (C=N–C) groups is 1. The Hall–Kier alpha value is -1.54. The predicted octanol–water partition coefficient (Wildman–Crippen LogP) is 3.21. The minimum atomic E-state index is -2.95. The van der Waals surface area contributed by atoms with E-state index in [9.17, 15) is 13.2 Å². The molecule has 1 saturated carbocycles. The molecule has 1 aliphatic carbocycles. The van der Waals surface area contributed by atoms with Gasteiger partial charge < -0.3 is 10.6 Å². The maximum Gasteiger partial charge on any atom is 0.251 e. The molecule has 8 heteroatoms. The summed E-state index contributed by atoms with van der Waals surface area (Å²) in [4.78, 5) is 17.2. The normalized spacial score (nSPS) is 27.4. The molecule has 1 amide bonds. The molecule has 6 nitrogen and oxygen atoms in total. The zero-order valence-corrected chi connectivity index (χ0v) is 17.5. The van der Waals surface area contributed by atoms with Crippen LogP contribution >= 0.6 is 11.8 Å². The van der Waals surface area contributed by atoms with E-state index in [1.165, 1.54) is 43.9 Å². The van der Waals surface area contributed by atoms with Gasteiger partial charge in [-0.25, -0.2) is 8.42 Å². The molecule has 2 N–H and O–H groups in total. The first kappa shape index (κ1) is 19.8. The van der Waals surface area contributed by atoms with Gasteiger partial charge in [-0.15, -0.1) is 0 Å². The fourth-order valence-corrected chi connectivity index (χ4v) is 7.82. The van der Waals surface area contributed by atoms with Gasteiger partial charge in [-0.1, -0.05) is 49.9 Å². The number of benzene rings is 1. The molecule has 0 unspecified atom stereocenters. The molecule has 4 rings (SSSR count). The number of sulfone groups is 1. The fourth-order valence-electron chi connectivity index (χ4n) is 4.15. The van der Waals surface area contributed by atoms with E-state index in [-0.39, 0.29) is 34.7 Å². The highest BCUT2D eigenvalue weighted by atomic mass is 32.2. The second kappa shape index (κ2) is 8.45. The molecule has 0 spiro atoms. The molecule has 2 heterocycles. The Morgan fingerprint density at radius 1 is 1.07 bits per heavy atom. The Bertz CT molecular complexity index is 861. The van der Waals surface area contributed by atoms with Gasteiger partial charge in [0, 0.05) is 22.5 Å². The Morgan fingerprint density at radius 3 is 2.57 bits per heavy atom. The number of carbonyl (C=O) groups is 1. The lowest BCUT2D eigenvalue weighted by atomic mass is 9.96. The quantitative estimate of drug-likeness (QED) is 0.782. The van der Waals surface area contributed by atoms with Gasteiger partial charge in [0.25, 0.3) is 5.91 Å². The highest BCUT2D eigenvalue weighted by molar-refractivity contribution is 8.15. The molecule has 1 saturated heterocycles. The Kier molecular flexibility index (Phi) is 5.96. The smallest absolute Gasteiger partial charge is 0.251 e. The number of rotatable bonds is 3. The van der Waals surface area contributed by atoms with Crippen molar-refractivity contribution in [1.82, 2.24) is 5.32 Å². The first-order valence-corrected chi connectivity index (χ1v) is 12.8. The van der Waals surface area contributed by atoms with Crippen LogP contribution in [0.25, 0.3) is 0 Å². The van der Waals surface area contributed by atoms with Crippen LogP contribution in [0.4, 0.5) is 5.69 Å². The highest BCUT2D eigenvalue weighted by Gasteiger charge is 2.42. The summed E-state index contributed by atoms with van der Waals surface area (Å²) >= 11 is 1.48. The van der Waals surface area contributed by atoms with Crippen LogP contribution in [0.5, 0.6) is 0 Å². The van der Waals surface area contributed by atoms with E-state index in [4.69, 9.17) is 0 Å². The Balaban J connectivity index is 1.37. The molecule has 28 heavy (non-hydrogen) atoms. The molecule has 0 bridgehead atoms. The Labute approximate surface area is 170 Å². The average Bonchev–Trinajstić information content (AvgIpc) is 3.09.